The topological polar surface area (TPSA) is 71.5 Å². The van der Waals surface area contributed by atoms with Gasteiger partial charge in [0.15, 0.2) is 6.10 Å². The molecule has 2 unspecified atom stereocenters. The molecule has 8 heteroatoms. The first-order valence-corrected chi connectivity index (χ1v) is 11.4. The number of thiazole rings is 1. The number of halogens is 1. The van der Waals surface area contributed by atoms with Crippen LogP contribution in [0.3, 0.4) is 0 Å². The van der Waals surface area contributed by atoms with Gasteiger partial charge in [-0.3, -0.25) is 14.5 Å². The molecule has 1 N–H and O–H groups in total. The van der Waals surface area contributed by atoms with Crippen LogP contribution in [0.2, 0.25) is 0 Å². The van der Waals surface area contributed by atoms with Gasteiger partial charge in [-0.15, -0.1) is 11.3 Å². The molecule has 0 radical (unpaired) electrons. The zero-order valence-corrected chi connectivity index (χ0v) is 18.9. The number of fused-ring (bicyclic) bond motifs is 1. The van der Waals surface area contributed by atoms with Crippen molar-refractivity contribution in [2.45, 2.75) is 45.8 Å². The Morgan fingerprint density at radius 1 is 1.28 bits per heavy atom. The van der Waals surface area contributed by atoms with E-state index >= 15 is 0 Å². The number of aryl methyl sites for hydroxylation is 1. The van der Waals surface area contributed by atoms with E-state index < -0.39 is 12.1 Å². The van der Waals surface area contributed by atoms with Crippen molar-refractivity contribution in [3.63, 3.8) is 0 Å². The first-order valence-electron chi connectivity index (χ1n) is 10.5. The lowest BCUT2D eigenvalue weighted by Gasteiger charge is -2.36. The van der Waals surface area contributed by atoms with Crippen LogP contribution in [-0.4, -0.2) is 28.9 Å². The summed E-state index contributed by atoms with van der Waals surface area (Å²) in [5.41, 5.74) is 2.66. The van der Waals surface area contributed by atoms with Crippen LogP contribution < -0.4 is 15.0 Å². The van der Waals surface area contributed by atoms with Crippen molar-refractivity contribution in [1.29, 1.82) is 0 Å². The highest BCUT2D eigenvalue weighted by atomic mass is 32.1. The van der Waals surface area contributed by atoms with Crippen molar-refractivity contribution in [1.82, 2.24) is 4.98 Å². The molecule has 2 heterocycles. The number of hydrogen-bond donors (Lipinski definition) is 1. The van der Waals surface area contributed by atoms with Gasteiger partial charge in [-0.2, -0.15) is 0 Å². The van der Waals surface area contributed by atoms with Crippen LogP contribution in [0.25, 0.3) is 11.3 Å². The minimum Gasteiger partial charge on any atom is -0.479 e. The highest BCUT2D eigenvalue weighted by molar-refractivity contribution is 7.09. The first kappa shape index (κ1) is 22.0. The maximum atomic E-state index is 13.2. The van der Waals surface area contributed by atoms with Gasteiger partial charge >= 0.3 is 0 Å². The van der Waals surface area contributed by atoms with Gasteiger partial charge in [-0.25, -0.2) is 9.37 Å². The normalized spacial score (nSPS) is 16.3. The highest BCUT2D eigenvalue weighted by Gasteiger charge is 2.37. The number of nitrogens with one attached hydrogen (secondary N) is 1. The van der Waals surface area contributed by atoms with Gasteiger partial charge in [-0.1, -0.05) is 6.92 Å². The Bertz CT molecular complexity index is 1150. The Hall–Kier alpha value is -3.26. The number of carbonyl (C=O) groups excluding carboxylic acids is 2. The second-order valence-electron chi connectivity index (χ2n) is 7.70. The largest absolute Gasteiger partial charge is 0.479 e. The number of ether oxygens (including phenoxy) is 1. The van der Waals surface area contributed by atoms with Crippen LogP contribution in [0.5, 0.6) is 5.75 Å². The minimum absolute atomic E-state index is 0.304. The number of benzene rings is 2. The van der Waals surface area contributed by atoms with E-state index in [1.807, 2.05) is 23.6 Å². The summed E-state index contributed by atoms with van der Waals surface area (Å²) >= 11 is 1.61. The molecule has 2 aromatic carbocycles. The molecule has 1 aliphatic heterocycles. The fourth-order valence-corrected chi connectivity index (χ4v) is 4.50. The lowest BCUT2D eigenvalue weighted by molar-refractivity contribution is -0.128. The average Bonchev–Trinajstić information content (AvgIpc) is 3.24. The minimum atomic E-state index is -0.806. The van der Waals surface area contributed by atoms with E-state index in [4.69, 9.17) is 4.74 Å². The Kier molecular flexibility index (Phi) is 6.23. The molecule has 0 saturated heterocycles. The molecule has 2 atom stereocenters. The third-order valence-corrected chi connectivity index (χ3v) is 6.21. The summed E-state index contributed by atoms with van der Waals surface area (Å²) in [6.07, 6.45) is 1.22. The van der Waals surface area contributed by atoms with Crippen LogP contribution >= 0.6 is 11.3 Å². The number of hydrogen-bond acceptors (Lipinski definition) is 5. The molecule has 6 nitrogen and oxygen atoms in total. The molecule has 0 spiro atoms. The van der Waals surface area contributed by atoms with Crippen molar-refractivity contribution in [3.8, 4) is 17.0 Å². The summed E-state index contributed by atoms with van der Waals surface area (Å²) in [4.78, 5) is 32.1. The Labute approximate surface area is 190 Å². The van der Waals surface area contributed by atoms with E-state index in [0.717, 1.165) is 29.1 Å². The molecule has 3 aromatic rings. The highest BCUT2D eigenvalue weighted by Crippen LogP contribution is 2.39. The van der Waals surface area contributed by atoms with E-state index in [-0.39, 0.29) is 17.6 Å². The fraction of sp³-hybridized carbons (Fsp3) is 0.292. The third kappa shape index (κ3) is 4.36. The monoisotopic (exact) mass is 453 g/mol. The Morgan fingerprint density at radius 2 is 2.03 bits per heavy atom. The molecule has 4 rings (SSSR count). The lowest BCUT2D eigenvalue weighted by atomic mass is 10.1. The molecule has 32 heavy (non-hydrogen) atoms. The van der Waals surface area contributed by atoms with Gasteiger partial charge < -0.3 is 10.1 Å². The van der Waals surface area contributed by atoms with Gasteiger partial charge in [0, 0.05) is 16.6 Å². The van der Waals surface area contributed by atoms with E-state index in [1.165, 1.54) is 29.2 Å². The van der Waals surface area contributed by atoms with Crippen molar-refractivity contribution >= 4 is 34.5 Å². The fourth-order valence-electron chi connectivity index (χ4n) is 3.59. The smallest absolute Gasteiger partial charge is 0.268 e. The molecule has 166 valence electrons. The van der Waals surface area contributed by atoms with Crippen molar-refractivity contribution in [2.24, 2.45) is 0 Å². The number of aromatic nitrogens is 1. The van der Waals surface area contributed by atoms with E-state index in [2.05, 4.69) is 17.2 Å². The summed E-state index contributed by atoms with van der Waals surface area (Å²) in [7, 11) is 0. The number of carbonyl (C=O) groups is 2. The summed E-state index contributed by atoms with van der Waals surface area (Å²) < 4.78 is 19.0. The van der Waals surface area contributed by atoms with Crippen LogP contribution in [0, 0.1) is 5.82 Å². The average molecular weight is 454 g/mol. The third-order valence-electron chi connectivity index (χ3n) is 5.30. The van der Waals surface area contributed by atoms with Crippen LogP contribution in [0.4, 0.5) is 15.8 Å². The second-order valence-corrected chi connectivity index (χ2v) is 8.64. The van der Waals surface area contributed by atoms with Gasteiger partial charge in [0.05, 0.1) is 16.4 Å². The summed E-state index contributed by atoms with van der Waals surface area (Å²) in [6.45, 7) is 5.43. The number of anilines is 2. The summed E-state index contributed by atoms with van der Waals surface area (Å²) in [5, 5.41) is 5.80. The maximum absolute atomic E-state index is 13.2. The number of amides is 2. The van der Waals surface area contributed by atoms with Gasteiger partial charge in [0.1, 0.15) is 17.6 Å². The summed E-state index contributed by atoms with van der Waals surface area (Å²) in [6, 6.07) is 10.2. The van der Waals surface area contributed by atoms with E-state index in [9.17, 15) is 14.0 Å². The van der Waals surface area contributed by atoms with E-state index in [1.54, 1.807) is 25.2 Å². The van der Waals surface area contributed by atoms with Crippen molar-refractivity contribution < 1.29 is 18.7 Å². The maximum Gasteiger partial charge on any atom is 0.268 e. The van der Waals surface area contributed by atoms with Crippen LogP contribution in [0.15, 0.2) is 47.8 Å². The zero-order chi connectivity index (χ0) is 22.8. The molecule has 2 amide bonds. The van der Waals surface area contributed by atoms with Gasteiger partial charge in [0.2, 0.25) is 5.91 Å². The van der Waals surface area contributed by atoms with Crippen molar-refractivity contribution in [3.05, 3.63) is 58.7 Å². The number of nitrogens with zero attached hydrogens (tertiary/aromatic N) is 2. The Balaban J connectivity index is 1.65. The molecule has 0 bridgehead atoms. The standard InChI is InChI=1S/C24H24FN3O3S/c1-4-5-22-27-19(13-32-22)16-6-11-21-20(12-16)28(24(30)15(3)31-21)14(2)23(29)26-18-9-7-17(25)8-10-18/h6-15H,4-5H2,1-3H3,(H,26,29). The van der Waals surface area contributed by atoms with Crippen LogP contribution in [-0.2, 0) is 16.0 Å². The van der Waals surface area contributed by atoms with Crippen molar-refractivity contribution in [2.75, 3.05) is 10.2 Å². The Morgan fingerprint density at radius 3 is 2.75 bits per heavy atom. The SMILES string of the molecule is CCCc1nc(-c2ccc3c(c2)N(C(C)C(=O)Nc2ccc(F)cc2)C(=O)C(C)O3)cs1. The van der Waals surface area contributed by atoms with Gasteiger partial charge in [0.25, 0.3) is 5.91 Å². The molecule has 0 fully saturated rings. The molecular formula is C24H24FN3O3S. The zero-order valence-electron chi connectivity index (χ0n) is 18.1. The number of rotatable bonds is 6. The molecular weight excluding hydrogens is 429 g/mol. The quantitative estimate of drug-likeness (QED) is 0.567. The molecule has 0 saturated carbocycles. The summed E-state index contributed by atoms with van der Waals surface area (Å²) in [5.74, 6) is -0.541. The molecule has 1 aliphatic rings. The molecule has 0 aliphatic carbocycles. The lowest BCUT2D eigenvalue weighted by Crippen LogP contribution is -2.52. The van der Waals surface area contributed by atoms with E-state index in [0.29, 0.717) is 17.1 Å². The first-order chi connectivity index (χ1) is 15.4. The predicted molar refractivity (Wildman–Crippen MR) is 124 cm³/mol. The van der Waals surface area contributed by atoms with Crippen LogP contribution in [0.1, 0.15) is 32.2 Å². The molecule has 1 aromatic heterocycles. The predicted octanol–water partition coefficient (Wildman–Crippen LogP) is 5.04. The second kappa shape index (κ2) is 9.08. The van der Waals surface area contributed by atoms with Gasteiger partial charge in [-0.05, 0) is 69.2 Å².